The van der Waals surface area contributed by atoms with E-state index in [2.05, 4.69) is 19.9 Å². The predicted molar refractivity (Wildman–Crippen MR) is 85.4 cm³/mol. The molecule has 0 aliphatic rings. The van der Waals surface area contributed by atoms with Gasteiger partial charge in [-0.25, -0.2) is 9.97 Å². The van der Waals surface area contributed by atoms with Gasteiger partial charge in [0.05, 0.1) is 39.6 Å². The van der Waals surface area contributed by atoms with E-state index in [0.29, 0.717) is 5.52 Å². The van der Waals surface area contributed by atoms with Gasteiger partial charge in [-0.1, -0.05) is 0 Å². The first-order valence-corrected chi connectivity index (χ1v) is 6.39. The molecule has 22 heavy (non-hydrogen) atoms. The highest BCUT2D eigenvalue weighted by Crippen LogP contribution is 2.16. The van der Waals surface area contributed by atoms with Crippen LogP contribution in [-0.4, -0.2) is 24.9 Å². The van der Waals surface area contributed by atoms with Crippen LogP contribution in [0.2, 0.25) is 0 Å². The van der Waals surface area contributed by atoms with Crippen LogP contribution in [0, 0.1) is 10.1 Å². The molecule has 2 aromatic carbocycles. The number of hydrogen-bond acceptors (Lipinski definition) is 5. The molecule has 0 aliphatic heterocycles. The zero-order valence-electron chi connectivity index (χ0n) is 11.4. The number of nitro benzene ring substituents is 1. The van der Waals surface area contributed by atoms with Crippen LogP contribution in [0.25, 0.3) is 22.1 Å². The Hall–Kier alpha value is -3.42. The molecule has 8 heteroatoms. The number of benzene rings is 2. The third-order valence-electron chi connectivity index (χ3n) is 3.06. The van der Waals surface area contributed by atoms with E-state index in [0.717, 1.165) is 22.2 Å². The Morgan fingerprint density at radius 3 is 2.23 bits per heavy atom. The molecule has 2 aromatic heterocycles. The van der Waals surface area contributed by atoms with Crippen molar-refractivity contribution in [2.24, 2.45) is 0 Å². The lowest BCUT2D eigenvalue weighted by atomic mass is 10.3. The van der Waals surface area contributed by atoms with E-state index in [-0.39, 0.29) is 7.11 Å². The van der Waals surface area contributed by atoms with Gasteiger partial charge in [-0.3, -0.25) is 10.1 Å². The third kappa shape index (κ3) is 2.70. The highest BCUT2D eigenvalue weighted by molar-refractivity contribution is 5.78. The number of rotatable bonds is 1. The van der Waals surface area contributed by atoms with Gasteiger partial charge in [-0.05, 0) is 24.3 Å². The number of nitrogens with one attached hydrogen (secondary N) is 2. The van der Waals surface area contributed by atoms with Crippen LogP contribution in [0.4, 0.5) is 11.4 Å². The number of anilines is 1. The van der Waals surface area contributed by atoms with Gasteiger partial charge in [0.1, 0.15) is 0 Å². The zero-order valence-corrected chi connectivity index (χ0v) is 11.4. The minimum absolute atomic E-state index is 0. The molecule has 0 atom stereocenters. The number of nitro groups is 1. The number of H-pyrrole nitrogens is 2. The smallest absolute Gasteiger partial charge is 0.271 e. The fraction of sp³-hybridized carbons (Fsp3) is 0. The van der Waals surface area contributed by atoms with Crippen LogP contribution in [0.3, 0.4) is 0 Å². The average molecular weight is 298 g/mol. The lowest BCUT2D eigenvalue weighted by Crippen LogP contribution is -1.86. The zero-order chi connectivity index (χ0) is 15.5. The van der Waals surface area contributed by atoms with Crippen LogP contribution in [0.1, 0.15) is 1.43 Å². The first-order valence-electron chi connectivity index (χ1n) is 6.39. The van der Waals surface area contributed by atoms with Gasteiger partial charge in [0.15, 0.2) is 0 Å². The molecule has 112 valence electrons. The van der Waals surface area contributed by atoms with E-state index >= 15 is 0 Å². The summed E-state index contributed by atoms with van der Waals surface area (Å²) >= 11 is 0. The summed E-state index contributed by atoms with van der Waals surface area (Å²) in [6.07, 6.45) is 3.17. The topological polar surface area (TPSA) is 127 Å². The quantitative estimate of drug-likeness (QED) is 0.283. The van der Waals surface area contributed by atoms with Gasteiger partial charge in [0, 0.05) is 19.2 Å². The van der Waals surface area contributed by atoms with Gasteiger partial charge < -0.3 is 15.7 Å². The fourth-order valence-electron chi connectivity index (χ4n) is 1.99. The molecule has 2 heterocycles. The molecule has 0 radical (unpaired) electrons. The number of fused-ring (bicyclic) bond motifs is 2. The van der Waals surface area contributed by atoms with Gasteiger partial charge >= 0.3 is 0 Å². The van der Waals surface area contributed by atoms with Gasteiger partial charge in [-0.2, -0.15) is 0 Å². The summed E-state index contributed by atoms with van der Waals surface area (Å²) in [4.78, 5) is 23.7. The Labute approximate surface area is 125 Å². The summed E-state index contributed by atoms with van der Waals surface area (Å²) in [6.45, 7) is 0. The Morgan fingerprint density at radius 2 is 1.59 bits per heavy atom. The van der Waals surface area contributed by atoms with Crippen molar-refractivity contribution in [3.63, 3.8) is 0 Å². The molecular weight excluding hydrogens is 284 g/mol. The normalized spacial score (nSPS) is 10.4. The minimum Gasteiger partial charge on any atom is -0.399 e. The largest absolute Gasteiger partial charge is 0.399 e. The van der Waals surface area contributed by atoms with Crippen LogP contribution >= 0.6 is 0 Å². The molecule has 0 aliphatic carbocycles. The van der Waals surface area contributed by atoms with Crippen molar-refractivity contribution in [3.05, 3.63) is 59.2 Å². The lowest BCUT2D eigenvalue weighted by molar-refractivity contribution is -0.384. The van der Waals surface area contributed by atoms with Crippen LogP contribution < -0.4 is 5.73 Å². The van der Waals surface area contributed by atoms with E-state index in [1.165, 1.54) is 18.5 Å². The van der Waals surface area contributed by atoms with E-state index in [4.69, 9.17) is 5.73 Å². The molecule has 0 fully saturated rings. The standard InChI is InChI=1S/C7H5N3O2.C7H7N3.H2/c11-10(12)5-1-2-6-7(3-5)9-4-8-6;8-5-1-2-6-7(3-5)10-4-9-6;/h1-4H,(H,8,9);1-4H,8H2,(H,9,10);1H. The van der Waals surface area contributed by atoms with Gasteiger partial charge in [-0.15, -0.1) is 0 Å². The number of nitrogens with two attached hydrogens (primary N) is 1. The number of aromatic nitrogens is 4. The summed E-state index contributed by atoms with van der Waals surface area (Å²) in [5.41, 5.74) is 9.73. The maximum Gasteiger partial charge on any atom is 0.271 e. The molecule has 0 spiro atoms. The Balaban J connectivity index is 0.000000162. The first-order chi connectivity index (χ1) is 10.6. The summed E-state index contributed by atoms with van der Waals surface area (Å²) in [5, 5.41) is 10.3. The summed E-state index contributed by atoms with van der Waals surface area (Å²) in [7, 11) is 0. The van der Waals surface area contributed by atoms with Crippen molar-refractivity contribution < 1.29 is 6.35 Å². The SMILES string of the molecule is Nc1ccc2nc[nH]c2c1.O=[N+]([O-])c1ccc2nc[nH]c2c1.[HH]. The monoisotopic (exact) mass is 298 g/mol. The lowest BCUT2D eigenvalue weighted by Gasteiger charge is -1.89. The molecule has 4 rings (SSSR count). The third-order valence-corrected chi connectivity index (χ3v) is 3.06. The second kappa shape index (κ2) is 5.52. The van der Waals surface area contributed by atoms with Crippen LogP contribution in [0.5, 0.6) is 0 Å². The number of nitrogen functional groups attached to an aromatic ring is 1. The Kier molecular flexibility index (Phi) is 3.40. The molecule has 0 saturated carbocycles. The molecule has 8 nitrogen and oxygen atoms in total. The van der Waals surface area contributed by atoms with Crippen molar-refractivity contribution in [1.29, 1.82) is 0 Å². The minimum atomic E-state index is -0.430. The highest BCUT2D eigenvalue weighted by Gasteiger charge is 2.06. The highest BCUT2D eigenvalue weighted by atomic mass is 16.6. The molecule has 0 amide bonds. The second-order valence-electron chi connectivity index (χ2n) is 4.54. The van der Waals surface area contributed by atoms with E-state index in [1.54, 1.807) is 12.4 Å². The number of nitrogens with zero attached hydrogens (tertiary/aromatic N) is 3. The number of non-ortho nitro benzene ring substituents is 1. The summed E-state index contributed by atoms with van der Waals surface area (Å²) < 4.78 is 0. The van der Waals surface area contributed by atoms with E-state index in [1.807, 2.05) is 18.2 Å². The van der Waals surface area contributed by atoms with Crippen molar-refractivity contribution in [2.75, 3.05) is 5.73 Å². The first kappa shape index (κ1) is 13.6. The van der Waals surface area contributed by atoms with Crippen molar-refractivity contribution in [1.82, 2.24) is 19.9 Å². The van der Waals surface area contributed by atoms with E-state index in [9.17, 15) is 10.1 Å². The Bertz CT molecular complexity index is 948. The van der Waals surface area contributed by atoms with Crippen molar-refractivity contribution in [2.45, 2.75) is 0 Å². The maximum atomic E-state index is 10.3. The van der Waals surface area contributed by atoms with Crippen molar-refractivity contribution in [3.8, 4) is 0 Å². The molecule has 0 saturated heterocycles. The van der Waals surface area contributed by atoms with E-state index < -0.39 is 4.92 Å². The number of imidazole rings is 2. The van der Waals surface area contributed by atoms with Gasteiger partial charge in [0.2, 0.25) is 0 Å². The molecule has 4 N–H and O–H groups in total. The summed E-state index contributed by atoms with van der Waals surface area (Å²) in [5.74, 6) is 0. The fourth-order valence-corrected chi connectivity index (χ4v) is 1.99. The van der Waals surface area contributed by atoms with Crippen molar-refractivity contribution >= 4 is 33.4 Å². The summed E-state index contributed by atoms with van der Waals surface area (Å²) in [6, 6.07) is 10.1. The molecule has 0 unspecified atom stereocenters. The average Bonchev–Trinajstić information content (AvgIpc) is 3.14. The second-order valence-corrected chi connectivity index (χ2v) is 4.54. The maximum absolute atomic E-state index is 10.3. The Morgan fingerprint density at radius 1 is 1.00 bits per heavy atom. The molecule has 4 aromatic rings. The molecule has 0 bridgehead atoms. The van der Waals surface area contributed by atoms with Gasteiger partial charge in [0.25, 0.3) is 5.69 Å². The van der Waals surface area contributed by atoms with Crippen LogP contribution in [-0.2, 0) is 0 Å². The predicted octanol–water partition coefficient (Wildman–Crippen LogP) is 2.86. The van der Waals surface area contributed by atoms with Crippen LogP contribution in [0.15, 0.2) is 49.1 Å². The number of hydrogen-bond donors (Lipinski definition) is 3. The number of aromatic amines is 2. The molecular formula is C14H14N6O2.